The fourth-order valence-corrected chi connectivity index (χ4v) is 3.96. The molecule has 5 atom stereocenters. The van der Waals surface area contributed by atoms with E-state index in [2.05, 4.69) is 5.32 Å². The number of aliphatic hydroxyl groups excluding tert-OH is 1. The van der Waals surface area contributed by atoms with Crippen LogP contribution in [0.2, 0.25) is 0 Å². The number of benzene rings is 1. The molecular weight excluding hydrogens is 434 g/mol. The number of nitrogens with one attached hydrogen (secondary N) is 1. The normalized spacial score (nSPS) is 26.0. The van der Waals surface area contributed by atoms with Gasteiger partial charge in [-0.1, -0.05) is 17.7 Å². The SMILES string of the molecule is CC(=O)NC1C(O)OC(COS(=O)(=O)c2ccc(C)cc2)C(OC(C)=O)C1OC(C)=O. The Morgan fingerprint density at radius 3 is 2.10 bits per heavy atom. The van der Waals surface area contributed by atoms with E-state index in [4.69, 9.17) is 18.4 Å². The molecule has 12 heteroatoms. The van der Waals surface area contributed by atoms with Gasteiger partial charge in [-0.25, -0.2) is 0 Å². The molecule has 2 N–H and O–H groups in total. The van der Waals surface area contributed by atoms with Gasteiger partial charge in [0.15, 0.2) is 18.5 Å². The van der Waals surface area contributed by atoms with Crippen LogP contribution in [-0.4, -0.2) is 68.6 Å². The summed E-state index contributed by atoms with van der Waals surface area (Å²) in [5, 5.41) is 12.7. The summed E-state index contributed by atoms with van der Waals surface area (Å²) in [6, 6.07) is 4.63. The van der Waals surface area contributed by atoms with Gasteiger partial charge in [0, 0.05) is 20.8 Å². The average Bonchev–Trinajstić information content (AvgIpc) is 2.65. The van der Waals surface area contributed by atoms with Gasteiger partial charge in [-0.05, 0) is 19.1 Å². The van der Waals surface area contributed by atoms with E-state index in [9.17, 15) is 27.9 Å². The summed E-state index contributed by atoms with van der Waals surface area (Å²) in [5.41, 5.74) is 0.848. The summed E-state index contributed by atoms with van der Waals surface area (Å²) in [5.74, 6) is -2.13. The van der Waals surface area contributed by atoms with Crippen molar-refractivity contribution in [3.8, 4) is 0 Å². The molecule has 0 spiro atoms. The first-order valence-electron chi connectivity index (χ1n) is 9.32. The highest BCUT2D eigenvalue weighted by molar-refractivity contribution is 7.86. The number of rotatable bonds is 7. The molecule has 1 aromatic carbocycles. The van der Waals surface area contributed by atoms with Crippen molar-refractivity contribution in [1.82, 2.24) is 5.32 Å². The molecule has 0 radical (unpaired) electrons. The Morgan fingerprint density at radius 1 is 1.03 bits per heavy atom. The number of carbonyl (C=O) groups excluding carboxylic acids is 3. The van der Waals surface area contributed by atoms with Crippen molar-refractivity contribution in [3.63, 3.8) is 0 Å². The molecule has 1 saturated heterocycles. The molecule has 2 rings (SSSR count). The molecule has 1 amide bonds. The van der Waals surface area contributed by atoms with Gasteiger partial charge in [0.1, 0.15) is 12.1 Å². The molecule has 1 heterocycles. The molecule has 1 aliphatic rings. The lowest BCUT2D eigenvalue weighted by Crippen LogP contribution is -2.66. The second-order valence-corrected chi connectivity index (χ2v) is 8.61. The maximum atomic E-state index is 12.5. The third-order valence-corrected chi connectivity index (χ3v) is 5.63. The van der Waals surface area contributed by atoms with Crippen molar-refractivity contribution in [2.24, 2.45) is 0 Å². The summed E-state index contributed by atoms with van der Waals surface area (Å²) in [7, 11) is -4.20. The quantitative estimate of drug-likeness (QED) is 0.413. The summed E-state index contributed by atoms with van der Waals surface area (Å²) in [6.07, 6.45) is -5.75. The number of amides is 1. The van der Waals surface area contributed by atoms with Crippen molar-refractivity contribution >= 4 is 28.0 Å². The van der Waals surface area contributed by atoms with E-state index >= 15 is 0 Å². The summed E-state index contributed by atoms with van der Waals surface area (Å²) in [6.45, 7) is 4.48. The highest BCUT2D eigenvalue weighted by Crippen LogP contribution is 2.27. The van der Waals surface area contributed by atoms with Crippen LogP contribution in [0, 0.1) is 6.92 Å². The lowest BCUT2D eigenvalue weighted by Gasteiger charge is -2.43. The van der Waals surface area contributed by atoms with Crippen LogP contribution in [0.3, 0.4) is 0 Å². The van der Waals surface area contributed by atoms with Crippen molar-refractivity contribution in [1.29, 1.82) is 0 Å². The van der Waals surface area contributed by atoms with Gasteiger partial charge >= 0.3 is 11.9 Å². The van der Waals surface area contributed by atoms with E-state index in [1.165, 1.54) is 19.1 Å². The fraction of sp³-hybridized carbons (Fsp3) is 0.526. The molecule has 1 aromatic rings. The van der Waals surface area contributed by atoms with E-state index in [1.54, 1.807) is 19.1 Å². The molecule has 172 valence electrons. The van der Waals surface area contributed by atoms with Gasteiger partial charge in [0.2, 0.25) is 5.91 Å². The molecule has 11 nitrogen and oxygen atoms in total. The lowest BCUT2D eigenvalue weighted by molar-refractivity contribution is -0.261. The number of aliphatic hydroxyl groups is 1. The number of ether oxygens (including phenoxy) is 3. The lowest BCUT2D eigenvalue weighted by atomic mass is 9.96. The summed E-state index contributed by atoms with van der Waals surface area (Å²) < 4.78 is 45.7. The zero-order valence-corrected chi connectivity index (χ0v) is 18.2. The van der Waals surface area contributed by atoms with Crippen molar-refractivity contribution < 1.29 is 46.3 Å². The van der Waals surface area contributed by atoms with E-state index in [1.807, 2.05) is 0 Å². The summed E-state index contributed by atoms with van der Waals surface area (Å²) >= 11 is 0. The van der Waals surface area contributed by atoms with Gasteiger partial charge in [-0.15, -0.1) is 0 Å². The minimum Gasteiger partial charge on any atom is -0.456 e. The Bertz CT molecular complexity index is 914. The van der Waals surface area contributed by atoms with Gasteiger partial charge < -0.3 is 24.6 Å². The number of carbonyl (C=O) groups is 3. The Balaban J connectivity index is 2.29. The molecule has 1 aliphatic heterocycles. The van der Waals surface area contributed by atoms with Crippen molar-refractivity contribution in [2.45, 2.75) is 63.2 Å². The van der Waals surface area contributed by atoms with Crippen LogP contribution in [0.25, 0.3) is 0 Å². The van der Waals surface area contributed by atoms with Gasteiger partial charge in [-0.3, -0.25) is 18.6 Å². The third-order valence-electron chi connectivity index (χ3n) is 4.34. The maximum Gasteiger partial charge on any atom is 0.303 e. The Morgan fingerprint density at radius 2 is 1.58 bits per heavy atom. The molecule has 0 bridgehead atoms. The Kier molecular flexibility index (Phi) is 8.12. The van der Waals surface area contributed by atoms with Gasteiger partial charge in [-0.2, -0.15) is 8.42 Å². The van der Waals surface area contributed by atoms with Crippen LogP contribution in [-0.2, 0) is 42.9 Å². The van der Waals surface area contributed by atoms with Crippen LogP contribution >= 0.6 is 0 Å². The number of hydrogen-bond acceptors (Lipinski definition) is 10. The van der Waals surface area contributed by atoms with Crippen LogP contribution in [0.15, 0.2) is 29.2 Å². The predicted molar refractivity (Wildman–Crippen MR) is 104 cm³/mol. The van der Waals surface area contributed by atoms with Crippen LogP contribution in [0.4, 0.5) is 0 Å². The average molecular weight is 459 g/mol. The smallest absolute Gasteiger partial charge is 0.303 e. The first-order valence-corrected chi connectivity index (χ1v) is 10.7. The zero-order valence-electron chi connectivity index (χ0n) is 17.4. The Hall–Kier alpha value is -2.54. The highest BCUT2D eigenvalue weighted by atomic mass is 32.2. The monoisotopic (exact) mass is 459 g/mol. The number of aryl methyl sites for hydroxylation is 1. The second-order valence-electron chi connectivity index (χ2n) is 6.99. The first-order chi connectivity index (χ1) is 14.4. The molecule has 5 unspecified atom stereocenters. The van der Waals surface area contributed by atoms with E-state index < -0.39 is 65.2 Å². The van der Waals surface area contributed by atoms with Crippen LogP contribution in [0.1, 0.15) is 26.3 Å². The zero-order chi connectivity index (χ0) is 23.3. The van der Waals surface area contributed by atoms with Crippen molar-refractivity contribution in [3.05, 3.63) is 29.8 Å². The molecule has 0 saturated carbocycles. The third kappa shape index (κ3) is 6.72. The molecule has 0 aliphatic carbocycles. The van der Waals surface area contributed by atoms with Gasteiger partial charge in [0.25, 0.3) is 10.1 Å². The largest absolute Gasteiger partial charge is 0.456 e. The molecule has 31 heavy (non-hydrogen) atoms. The second kappa shape index (κ2) is 10.2. The van der Waals surface area contributed by atoms with Gasteiger partial charge in [0.05, 0.1) is 11.5 Å². The highest BCUT2D eigenvalue weighted by Gasteiger charge is 2.50. The summed E-state index contributed by atoms with van der Waals surface area (Å²) in [4.78, 5) is 34.6. The molecule has 0 aromatic heterocycles. The first kappa shape index (κ1) is 24.7. The van der Waals surface area contributed by atoms with Crippen LogP contribution < -0.4 is 5.32 Å². The van der Waals surface area contributed by atoms with E-state index in [-0.39, 0.29) is 4.90 Å². The number of esters is 2. The maximum absolute atomic E-state index is 12.5. The number of hydrogen-bond donors (Lipinski definition) is 2. The Labute approximate surface area is 179 Å². The molecular formula is C19H25NO10S. The van der Waals surface area contributed by atoms with E-state index in [0.717, 1.165) is 19.4 Å². The van der Waals surface area contributed by atoms with Crippen molar-refractivity contribution in [2.75, 3.05) is 6.61 Å². The predicted octanol–water partition coefficient (Wildman–Crippen LogP) is -0.214. The van der Waals surface area contributed by atoms with Crippen LogP contribution in [0.5, 0.6) is 0 Å². The minimum absolute atomic E-state index is 0.105. The standard InChI is InChI=1S/C19H25NO10S/c1-10-5-7-14(8-6-10)31(25,26)27-9-15-17(28-12(3)22)18(29-13(4)23)16(19(24)30-15)20-11(2)21/h5-8,15-19,24H,9H2,1-4H3,(H,20,21). The fourth-order valence-electron chi connectivity index (χ4n) is 3.04. The molecule has 1 fully saturated rings. The topological polar surface area (TPSA) is 155 Å². The van der Waals surface area contributed by atoms with E-state index in [0.29, 0.717) is 0 Å². The minimum atomic E-state index is -4.20.